The number of hydrogen-bond donors (Lipinski definition) is 1. The van der Waals surface area contributed by atoms with Gasteiger partial charge in [-0.25, -0.2) is 4.99 Å². The molecule has 0 saturated heterocycles. The maximum atomic E-state index is 4.80. The summed E-state index contributed by atoms with van der Waals surface area (Å²) in [7, 11) is 0. The lowest BCUT2D eigenvalue weighted by Crippen LogP contribution is -2.45. The zero-order valence-corrected chi connectivity index (χ0v) is 11.7. The molecular weight excluding hydrogens is 246 g/mol. The van der Waals surface area contributed by atoms with Gasteiger partial charge in [-0.05, 0) is 31.5 Å². The van der Waals surface area contributed by atoms with Crippen molar-refractivity contribution >= 4 is 17.3 Å². The minimum absolute atomic E-state index is 0.328. The number of rotatable bonds is 0. The van der Waals surface area contributed by atoms with Crippen LogP contribution in [0.15, 0.2) is 53.5 Å². The lowest BCUT2D eigenvalue weighted by Gasteiger charge is -2.44. The maximum absolute atomic E-state index is 4.80. The molecule has 0 aliphatic carbocycles. The van der Waals surface area contributed by atoms with E-state index in [1.54, 1.807) is 0 Å². The third kappa shape index (κ3) is 1.49. The molecule has 2 aromatic carbocycles. The molecule has 20 heavy (non-hydrogen) atoms. The molecular formula is C17H17N3. The van der Waals surface area contributed by atoms with Crippen LogP contribution in [0.1, 0.15) is 37.1 Å². The molecule has 3 heteroatoms. The molecule has 0 spiro atoms. The average molecular weight is 263 g/mol. The van der Waals surface area contributed by atoms with Gasteiger partial charge >= 0.3 is 0 Å². The fourth-order valence-electron chi connectivity index (χ4n) is 3.30. The number of hydrogen-bond acceptors (Lipinski definition) is 3. The van der Waals surface area contributed by atoms with Crippen LogP contribution in [0, 0.1) is 0 Å². The van der Waals surface area contributed by atoms with Crippen LogP contribution in [0.4, 0.5) is 11.4 Å². The molecule has 2 aliphatic heterocycles. The van der Waals surface area contributed by atoms with E-state index in [-0.39, 0.29) is 0 Å². The van der Waals surface area contributed by atoms with Crippen LogP contribution in [0.5, 0.6) is 0 Å². The van der Waals surface area contributed by atoms with Crippen LogP contribution in [0.2, 0.25) is 0 Å². The largest absolute Gasteiger partial charge is 0.329 e. The molecule has 0 amide bonds. The zero-order chi connectivity index (χ0) is 13.7. The third-order valence-electron chi connectivity index (χ3n) is 4.35. The standard InChI is InChI=1S/C17H17N3/c1-11-13-7-3-5-9-15(13)18-17-19-16-10-6-4-8-14(16)12(2)20(11)17/h3-12H,1-2H3,(H,18,19). The minimum Gasteiger partial charge on any atom is -0.329 e. The first kappa shape index (κ1) is 11.5. The number of anilines is 1. The highest BCUT2D eigenvalue weighted by molar-refractivity contribution is 5.99. The Hall–Kier alpha value is -2.29. The topological polar surface area (TPSA) is 27.6 Å². The fraction of sp³-hybridized carbons (Fsp3) is 0.235. The monoisotopic (exact) mass is 263 g/mol. The quantitative estimate of drug-likeness (QED) is 0.770. The summed E-state index contributed by atoms with van der Waals surface area (Å²) < 4.78 is 0. The summed E-state index contributed by atoms with van der Waals surface area (Å²) in [6.45, 7) is 4.50. The molecule has 4 rings (SSSR count). The molecule has 3 nitrogen and oxygen atoms in total. The molecule has 0 saturated carbocycles. The molecule has 2 aliphatic rings. The molecule has 0 fully saturated rings. The van der Waals surface area contributed by atoms with Gasteiger partial charge in [-0.2, -0.15) is 0 Å². The van der Waals surface area contributed by atoms with Gasteiger partial charge in [0.15, 0.2) is 0 Å². The van der Waals surface area contributed by atoms with Gasteiger partial charge in [-0.1, -0.05) is 36.4 Å². The van der Waals surface area contributed by atoms with Gasteiger partial charge in [0, 0.05) is 11.3 Å². The number of nitrogens with zero attached hydrogens (tertiary/aromatic N) is 2. The number of guanidine groups is 1. The van der Waals surface area contributed by atoms with Crippen molar-refractivity contribution in [3.05, 3.63) is 59.7 Å². The van der Waals surface area contributed by atoms with Gasteiger partial charge in [0.05, 0.1) is 17.8 Å². The molecule has 0 radical (unpaired) electrons. The lowest BCUT2D eigenvalue weighted by molar-refractivity contribution is 0.259. The van der Waals surface area contributed by atoms with E-state index >= 15 is 0 Å². The van der Waals surface area contributed by atoms with Gasteiger partial charge in [0.1, 0.15) is 0 Å². The summed E-state index contributed by atoms with van der Waals surface area (Å²) >= 11 is 0. The van der Waals surface area contributed by atoms with Crippen molar-refractivity contribution in [1.82, 2.24) is 4.90 Å². The highest BCUT2D eigenvalue weighted by atomic mass is 15.4. The molecule has 2 atom stereocenters. The van der Waals surface area contributed by atoms with E-state index < -0.39 is 0 Å². The van der Waals surface area contributed by atoms with E-state index in [1.807, 2.05) is 6.07 Å². The van der Waals surface area contributed by atoms with Gasteiger partial charge in [-0.15, -0.1) is 0 Å². The van der Waals surface area contributed by atoms with E-state index in [2.05, 4.69) is 66.5 Å². The second-order valence-corrected chi connectivity index (χ2v) is 5.47. The highest BCUT2D eigenvalue weighted by Gasteiger charge is 2.35. The first-order valence-corrected chi connectivity index (χ1v) is 7.07. The molecule has 0 aromatic heterocycles. The van der Waals surface area contributed by atoms with E-state index in [4.69, 9.17) is 4.99 Å². The molecule has 100 valence electrons. The van der Waals surface area contributed by atoms with Gasteiger partial charge in [0.2, 0.25) is 5.96 Å². The van der Waals surface area contributed by atoms with E-state index in [0.717, 1.165) is 11.6 Å². The van der Waals surface area contributed by atoms with Crippen molar-refractivity contribution in [1.29, 1.82) is 0 Å². The van der Waals surface area contributed by atoms with Crippen LogP contribution in [-0.2, 0) is 0 Å². The Morgan fingerprint density at radius 1 is 0.900 bits per heavy atom. The van der Waals surface area contributed by atoms with Crippen molar-refractivity contribution < 1.29 is 0 Å². The van der Waals surface area contributed by atoms with Gasteiger partial charge in [-0.3, -0.25) is 0 Å². The number of fused-ring (bicyclic) bond motifs is 3. The summed E-state index contributed by atoms with van der Waals surface area (Å²) in [5.74, 6) is 0.961. The van der Waals surface area contributed by atoms with Crippen molar-refractivity contribution in [2.75, 3.05) is 5.32 Å². The summed E-state index contributed by atoms with van der Waals surface area (Å²) in [5, 5.41) is 3.48. The Labute approximate surface area is 119 Å². The second-order valence-electron chi connectivity index (χ2n) is 5.47. The normalized spacial score (nSPS) is 23.1. The van der Waals surface area contributed by atoms with E-state index in [0.29, 0.717) is 12.1 Å². The summed E-state index contributed by atoms with van der Waals surface area (Å²) in [4.78, 5) is 7.16. The van der Waals surface area contributed by atoms with Crippen molar-refractivity contribution in [2.45, 2.75) is 25.9 Å². The second kappa shape index (κ2) is 4.10. The maximum Gasteiger partial charge on any atom is 0.204 e. The number of benzene rings is 2. The van der Waals surface area contributed by atoms with Crippen molar-refractivity contribution in [3.8, 4) is 0 Å². The Bertz CT molecular complexity index is 705. The SMILES string of the molecule is CC1c2ccccc2N=C2Nc3ccccc3C(C)N21. The summed E-state index contributed by atoms with van der Waals surface area (Å²) in [6.07, 6.45) is 0. The molecule has 2 unspecified atom stereocenters. The fourth-order valence-corrected chi connectivity index (χ4v) is 3.30. The average Bonchev–Trinajstić information content (AvgIpc) is 2.47. The first-order chi connectivity index (χ1) is 9.75. The highest BCUT2D eigenvalue weighted by Crippen LogP contribution is 2.43. The van der Waals surface area contributed by atoms with Crippen molar-refractivity contribution in [2.24, 2.45) is 4.99 Å². The van der Waals surface area contributed by atoms with E-state index in [9.17, 15) is 0 Å². The van der Waals surface area contributed by atoms with Crippen LogP contribution in [-0.4, -0.2) is 10.9 Å². The van der Waals surface area contributed by atoms with Crippen LogP contribution < -0.4 is 5.32 Å². The smallest absolute Gasteiger partial charge is 0.204 e. The number of nitrogens with one attached hydrogen (secondary N) is 1. The van der Waals surface area contributed by atoms with Crippen LogP contribution >= 0.6 is 0 Å². The minimum atomic E-state index is 0.328. The Morgan fingerprint density at radius 2 is 1.55 bits per heavy atom. The van der Waals surface area contributed by atoms with Crippen LogP contribution in [0.25, 0.3) is 0 Å². The number of aliphatic imine (C=N–C) groups is 1. The predicted molar refractivity (Wildman–Crippen MR) is 82.3 cm³/mol. The Balaban J connectivity index is 1.89. The predicted octanol–water partition coefficient (Wildman–Crippen LogP) is 4.24. The van der Waals surface area contributed by atoms with Crippen LogP contribution in [0.3, 0.4) is 0 Å². The van der Waals surface area contributed by atoms with Crippen molar-refractivity contribution in [3.63, 3.8) is 0 Å². The Morgan fingerprint density at radius 3 is 2.40 bits per heavy atom. The third-order valence-corrected chi connectivity index (χ3v) is 4.35. The summed E-state index contributed by atoms with van der Waals surface area (Å²) in [5.41, 5.74) is 4.87. The van der Waals surface area contributed by atoms with E-state index in [1.165, 1.54) is 16.8 Å². The number of para-hydroxylation sites is 2. The Kier molecular flexibility index (Phi) is 2.36. The molecule has 2 heterocycles. The van der Waals surface area contributed by atoms with Gasteiger partial charge < -0.3 is 10.2 Å². The molecule has 0 bridgehead atoms. The van der Waals surface area contributed by atoms with Gasteiger partial charge in [0.25, 0.3) is 0 Å². The lowest BCUT2D eigenvalue weighted by atomic mass is 9.96. The summed E-state index contributed by atoms with van der Waals surface area (Å²) in [6, 6.07) is 17.5. The zero-order valence-electron chi connectivity index (χ0n) is 11.7. The molecule has 1 N–H and O–H groups in total. The molecule has 2 aromatic rings. The first-order valence-electron chi connectivity index (χ1n) is 7.07.